The third-order valence-electron chi connectivity index (χ3n) is 5.79. The van der Waals surface area contributed by atoms with Gasteiger partial charge in [-0.25, -0.2) is 9.78 Å². The van der Waals surface area contributed by atoms with Gasteiger partial charge < -0.3 is 24.6 Å². The van der Waals surface area contributed by atoms with E-state index in [2.05, 4.69) is 10.3 Å². The number of rotatable bonds is 9. The minimum atomic E-state index is -0.0767. The van der Waals surface area contributed by atoms with Crippen LogP contribution in [0.4, 0.5) is 4.79 Å². The van der Waals surface area contributed by atoms with Gasteiger partial charge in [-0.2, -0.15) is 0 Å². The molecule has 0 aliphatic carbocycles. The Balaban J connectivity index is 1.47. The van der Waals surface area contributed by atoms with Crippen LogP contribution in [0.15, 0.2) is 42.6 Å². The van der Waals surface area contributed by atoms with Gasteiger partial charge in [0.05, 0.1) is 6.61 Å². The number of nitrogens with one attached hydrogen (secondary N) is 1. The maximum Gasteiger partial charge on any atom is 0.319 e. The SMILES string of the molecule is CCOc1ccc(Oc2cc(CNC(=O)C3CCN(C(=O)N(CC)CC)CC3)ccn2)cc1. The summed E-state index contributed by atoms with van der Waals surface area (Å²) >= 11 is 0. The molecule has 3 amide bonds. The van der Waals surface area contributed by atoms with Crippen molar-refractivity contribution in [3.8, 4) is 17.4 Å². The summed E-state index contributed by atoms with van der Waals surface area (Å²) in [7, 11) is 0. The van der Waals surface area contributed by atoms with Crippen molar-refractivity contribution in [1.82, 2.24) is 20.1 Å². The van der Waals surface area contributed by atoms with E-state index in [0.717, 1.165) is 11.3 Å². The first-order valence-electron chi connectivity index (χ1n) is 11.7. The Morgan fingerprint density at radius 1 is 1.06 bits per heavy atom. The Bertz CT molecular complexity index is 907. The summed E-state index contributed by atoms with van der Waals surface area (Å²) in [5, 5.41) is 3.02. The maximum absolute atomic E-state index is 12.7. The van der Waals surface area contributed by atoms with Gasteiger partial charge in [0.1, 0.15) is 11.5 Å². The predicted octanol–water partition coefficient (Wildman–Crippen LogP) is 4.06. The lowest BCUT2D eigenvalue weighted by Crippen LogP contribution is -2.48. The Hall–Kier alpha value is -3.29. The third kappa shape index (κ3) is 6.84. The third-order valence-corrected chi connectivity index (χ3v) is 5.79. The number of hydrogen-bond acceptors (Lipinski definition) is 5. The second kappa shape index (κ2) is 12.1. The molecule has 1 N–H and O–H groups in total. The smallest absolute Gasteiger partial charge is 0.319 e. The molecule has 3 rings (SSSR count). The van der Waals surface area contributed by atoms with Gasteiger partial charge in [0, 0.05) is 50.9 Å². The minimum absolute atomic E-state index is 0.0238. The zero-order valence-corrected chi connectivity index (χ0v) is 19.8. The first-order chi connectivity index (χ1) is 16.0. The van der Waals surface area contributed by atoms with Gasteiger partial charge in [0.25, 0.3) is 0 Å². The van der Waals surface area contributed by atoms with Crippen LogP contribution in [0.25, 0.3) is 0 Å². The number of urea groups is 1. The molecule has 8 nitrogen and oxygen atoms in total. The number of carbonyl (C=O) groups is 2. The van der Waals surface area contributed by atoms with Crippen molar-refractivity contribution in [3.05, 3.63) is 48.2 Å². The average Bonchev–Trinajstić information content (AvgIpc) is 2.85. The molecule has 0 spiro atoms. The number of ether oxygens (including phenoxy) is 2. The zero-order valence-electron chi connectivity index (χ0n) is 19.8. The van der Waals surface area contributed by atoms with Crippen LogP contribution < -0.4 is 14.8 Å². The number of likely N-dealkylation sites (tertiary alicyclic amines) is 1. The lowest BCUT2D eigenvalue weighted by Gasteiger charge is -2.34. The summed E-state index contributed by atoms with van der Waals surface area (Å²) in [6, 6.07) is 11.1. The molecule has 1 fully saturated rings. The van der Waals surface area contributed by atoms with Crippen molar-refractivity contribution in [2.45, 2.75) is 40.2 Å². The molecule has 1 aliphatic rings. The van der Waals surface area contributed by atoms with Crippen LogP contribution in [0.2, 0.25) is 0 Å². The van der Waals surface area contributed by atoms with Crippen LogP contribution in [0.5, 0.6) is 17.4 Å². The van der Waals surface area contributed by atoms with E-state index in [0.29, 0.717) is 63.8 Å². The molecule has 1 saturated heterocycles. The monoisotopic (exact) mass is 454 g/mol. The summed E-state index contributed by atoms with van der Waals surface area (Å²) in [5.74, 6) is 1.87. The van der Waals surface area contributed by atoms with Gasteiger partial charge in [-0.1, -0.05) is 0 Å². The van der Waals surface area contributed by atoms with Crippen molar-refractivity contribution in [3.63, 3.8) is 0 Å². The second-order valence-corrected chi connectivity index (χ2v) is 7.94. The zero-order chi connectivity index (χ0) is 23.6. The summed E-state index contributed by atoms with van der Waals surface area (Å²) < 4.78 is 11.3. The summed E-state index contributed by atoms with van der Waals surface area (Å²) in [5.41, 5.74) is 0.911. The van der Waals surface area contributed by atoms with Crippen molar-refractivity contribution < 1.29 is 19.1 Å². The quantitative estimate of drug-likeness (QED) is 0.618. The number of carbonyl (C=O) groups excluding carboxylic acids is 2. The van der Waals surface area contributed by atoms with Gasteiger partial charge in [0.15, 0.2) is 0 Å². The van der Waals surface area contributed by atoms with E-state index in [1.165, 1.54) is 0 Å². The predicted molar refractivity (Wildman–Crippen MR) is 126 cm³/mol. The molecule has 0 saturated carbocycles. The van der Waals surface area contributed by atoms with Crippen LogP contribution >= 0.6 is 0 Å². The highest BCUT2D eigenvalue weighted by molar-refractivity contribution is 5.79. The van der Waals surface area contributed by atoms with Gasteiger partial charge in [-0.15, -0.1) is 0 Å². The van der Waals surface area contributed by atoms with E-state index < -0.39 is 0 Å². The van der Waals surface area contributed by atoms with E-state index in [9.17, 15) is 9.59 Å². The van der Waals surface area contributed by atoms with Crippen LogP contribution in [0.3, 0.4) is 0 Å². The first-order valence-corrected chi connectivity index (χ1v) is 11.7. The first kappa shape index (κ1) is 24.4. The Morgan fingerprint density at radius 3 is 2.36 bits per heavy atom. The number of aromatic nitrogens is 1. The molecule has 178 valence electrons. The second-order valence-electron chi connectivity index (χ2n) is 7.94. The normalized spacial score (nSPS) is 14.0. The van der Waals surface area contributed by atoms with Crippen LogP contribution in [-0.2, 0) is 11.3 Å². The molecule has 0 radical (unpaired) electrons. The number of amides is 3. The van der Waals surface area contributed by atoms with Crippen molar-refractivity contribution in [2.24, 2.45) is 5.92 Å². The molecule has 2 aromatic rings. The topological polar surface area (TPSA) is 84.0 Å². The van der Waals surface area contributed by atoms with Gasteiger partial charge >= 0.3 is 6.03 Å². The Kier molecular flexibility index (Phi) is 8.92. The highest BCUT2D eigenvalue weighted by Crippen LogP contribution is 2.23. The molecule has 1 aliphatic heterocycles. The van der Waals surface area contributed by atoms with Crippen molar-refractivity contribution in [2.75, 3.05) is 32.8 Å². The van der Waals surface area contributed by atoms with Gasteiger partial charge in [0.2, 0.25) is 11.8 Å². The fourth-order valence-electron chi connectivity index (χ4n) is 3.87. The van der Waals surface area contributed by atoms with E-state index in [1.54, 1.807) is 6.20 Å². The molecule has 0 bridgehead atoms. The van der Waals surface area contributed by atoms with Crippen LogP contribution in [-0.4, -0.2) is 59.5 Å². The molecule has 33 heavy (non-hydrogen) atoms. The van der Waals surface area contributed by atoms with E-state index in [1.807, 2.05) is 67.0 Å². The lowest BCUT2D eigenvalue weighted by molar-refractivity contribution is -0.126. The summed E-state index contributed by atoms with van der Waals surface area (Å²) in [6.45, 7) is 9.55. The number of piperidine rings is 1. The Labute approximate surface area is 195 Å². The van der Waals surface area contributed by atoms with Crippen molar-refractivity contribution >= 4 is 11.9 Å². The van der Waals surface area contributed by atoms with E-state index in [4.69, 9.17) is 9.47 Å². The van der Waals surface area contributed by atoms with E-state index >= 15 is 0 Å². The van der Waals surface area contributed by atoms with E-state index in [-0.39, 0.29) is 17.9 Å². The largest absolute Gasteiger partial charge is 0.494 e. The number of hydrogen-bond donors (Lipinski definition) is 1. The molecule has 0 atom stereocenters. The fraction of sp³-hybridized carbons (Fsp3) is 0.480. The van der Waals surface area contributed by atoms with Gasteiger partial charge in [-0.3, -0.25) is 4.79 Å². The number of nitrogens with zero attached hydrogens (tertiary/aromatic N) is 3. The molecule has 2 heterocycles. The summed E-state index contributed by atoms with van der Waals surface area (Å²) in [4.78, 5) is 33.1. The molecule has 1 aromatic carbocycles. The molecule has 0 unspecified atom stereocenters. The number of pyridine rings is 1. The fourth-order valence-corrected chi connectivity index (χ4v) is 3.87. The Morgan fingerprint density at radius 2 is 1.73 bits per heavy atom. The molecular formula is C25H34N4O4. The van der Waals surface area contributed by atoms with Crippen LogP contribution in [0.1, 0.15) is 39.2 Å². The minimum Gasteiger partial charge on any atom is -0.494 e. The highest BCUT2D eigenvalue weighted by atomic mass is 16.5. The maximum atomic E-state index is 12.7. The summed E-state index contributed by atoms with van der Waals surface area (Å²) in [6.07, 6.45) is 3.03. The lowest BCUT2D eigenvalue weighted by atomic mass is 9.96. The highest BCUT2D eigenvalue weighted by Gasteiger charge is 2.28. The average molecular weight is 455 g/mol. The van der Waals surface area contributed by atoms with Crippen molar-refractivity contribution in [1.29, 1.82) is 0 Å². The standard InChI is InChI=1S/C25H34N4O4/c1-4-28(5-2)25(31)29-15-12-20(13-16-29)24(30)27-18-19-11-14-26-23(17-19)33-22-9-7-21(8-10-22)32-6-3/h7-11,14,17,20H,4-6,12-13,15-16,18H2,1-3H3,(H,27,30). The van der Waals surface area contributed by atoms with Crippen LogP contribution in [0, 0.1) is 5.92 Å². The number of benzene rings is 1. The molecular weight excluding hydrogens is 420 g/mol. The molecule has 8 heteroatoms. The van der Waals surface area contributed by atoms with Gasteiger partial charge in [-0.05, 0) is 69.5 Å². The molecule has 1 aromatic heterocycles.